The molecule has 26 heavy (non-hydrogen) atoms. The normalized spacial score (nSPS) is 17.7. The van der Waals surface area contributed by atoms with E-state index >= 15 is 0 Å². The van der Waals surface area contributed by atoms with E-state index < -0.39 is 0 Å². The van der Waals surface area contributed by atoms with Gasteiger partial charge in [-0.25, -0.2) is 0 Å². The molecule has 0 aliphatic carbocycles. The standard InChI is InChI=1S/C21H21N3O2/c25-21(19-13-20(26-23-19)17-10-6-11-22-14-17)24-12-5-4-9-18(15-24)16-7-2-1-3-8-16/h1-3,6-8,10-11,13-14,18H,4-5,9,12,15H2/t18-/m0/s1. The van der Waals surface area contributed by atoms with Crippen LogP contribution in [0.15, 0.2) is 65.4 Å². The fourth-order valence-corrected chi connectivity index (χ4v) is 3.51. The molecule has 1 fully saturated rings. The van der Waals surface area contributed by atoms with Crippen LogP contribution >= 0.6 is 0 Å². The highest BCUT2D eigenvalue weighted by molar-refractivity contribution is 5.93. The van der Waals surface area contributed by atoms with Crippen molar-refractivity contribution < 1.29 is 9.32 Å². The van der Waals surface area contributed by atoms with E-state index in [9.17, 15) is 4.79 Å². The van der Waals surface area contributed by atoms with Crippen molar-refractivity contribution in [3.05, 3.63) is 72.2 Å². The zero-order valence-electron chi connectivity index (χ0n) is 14.5. The van der Waals surface area contributed by atoms with Crippen molar-refractivity contribution >= 4 is 5.91 Å². The number of aromatic nitrogens is 2. The molecule has 5 nitrogen and oxygen atoms in total. The van der Waals surface area contributed by atoms with Crippen molar-refractivity contribution in [1.29, 1.82) is 0 Å². The van der Waals surface area contributed by atoms with Crippen molar-refractivity contribution in [2.24, 2.45) is 0 Å². The van der Waals surface area contributed by atoms with Crippen molar-refractivity contribution in [2.75, 3.05) is 13.1 Å². The van der Waals surface area contributed by atoms with E-state index in [0.717, 1.165) is 37.9 Å². The van der Waals surface area contributed by atoms with Gasteiger partial charge in [0.1, 0.15) is 0 Å². The van der Waals surface area contributed by atoms with E-state index in [1.165, 1.54) is 5.56 Å². The quantitative estimate of drug-likeness (QED) is 0.714. The van der Waals surface area contributed by atoms with Crippen LogP contribution in [0.3, 0.4) is 0 Å². The molecule has 0 unspecified atom stereocenters. The number of benzene rings is 1. The first kappa shape index (κ1) is 16.5. The van der Waals surface area contributed by atoms with Gasteiger partial charge >= 0.3 is 0 Å². The Kier molecular flexibility index (Phi) is 4.78. The molecule has 1 saturated heterocycles. The lowest BCUT2D eigenvalue weighted by atomic mass is 9.94. The Labute approximate surface area is 152 Å². The summed E-state index contributed by atoms with van der Waals surface area (Å²) in [6, 6.07) is 15.9. The minimum atomic E-state index is -0.0632. The highest BCUT2D eigenvalue weighted by atomic mass is 16.5. The van der Waals surface area contributed by atoms with Gasteiger partial charge in [0.2, 0.25) is 0 Å². The number of nitrogens with zero attached hydrogens (tertiary/aromatic N) is 3. The number of rotatable bonds is 3. The second kappa shape index (κ2) is 7.52. The molecule has 1 aliphatic heterocycles. The second-order valence-corrected chi connectivity index (χ2v) is 6.67. The van der Waals surface area contributed by atoms with Crippen molar-refractivity contribution in [3.63, 3.8) is 0 Å². The Morgan fingerprint density at radius 1 is 1.12 bits per heavy atom. The Bertz CT molecular complexity index is 861. The van der Waals surface area contributed by atoms with E-state index in [2.05, 4.69) is 34.4 Å². The first-order valence-corrected chi connectivity index (χ1v) is 9.02. The minimum Gasteiger partial charge on any atom is -0.355 e. The highest BCUT2D eigenvalue weighted by Crippen LogP contribution is 2.27. The number of carbonyl (C=O) groups excluding carboxylic acids is 1. The molecular formula is C21H21N3O2. The minimum absolute atomic E-state index is 0.0632. The topological polar surface area (TPSA) is 59.2 Å². The number of amides is 1. The lowest BCUT2D eigenvalue weighted by Crippen LogP contribution is -2.34. The van der Waals surface area contributed by atoms with Crippen LogP contribution in [0.25, 0.3) is 11.3 Å². The van der Waals surface area contributed by atoms with Gasteiger partial charge in [-0.3, -0.25) is 9.78 Å². The summed E-state index contributed by atoms with van der Waals surface area (Å²) in [7, 11) is 0. The Morgan fingerprint density at radius 3 is 2.81 bits per heavy atom. The summed E-state index contributed by atoms with van der Waals surface area (Å²) >= 11 is 0. The summed E-state index contributed by atoms with van der Waals surface area (Å²) in [5.74, 6) is 0.870. The Morgan fingerprint density at radius 2 is 2.00 bits per heavy atom. The van der Waals surface area contributed by atoms with Crippen LogP contribution in [-0.4, -0.2) is 34.0 Å². The van der Waals surface area contributed by atoms with Crippen LogP contribution in [-0.2, 0) is 0 Å². The molecule has 2 aromatic heterocycles. The van der Waals surface area contributed by atoms with Crippen LogP contribution in [0.2, 0.25) is 0 Å². The van der Waals surface area contributed by atoms with Gasteiger partial charge in [0.25, 0.3) is 5.91 Å². The van der Waals surface area contributed by atoms with Gasteiger partial charge in [-0.1, -0.05) is 41.9 Å². The van der Waals surface area contributed by atoms with Crippen molar-refractivity contribution in [1.82, 2.24) is 15.0 Å². The molecule has 1 amide bonds. The fraction of sp³-hybridized carbons (Fsp3) is 0.286. The van der Waals surface area contributed by atoms with Gasteiger partial charge in [-0.2, -0.15) is 0 Å². The highest BCUT2D eigenvalue weighted by Gasteiger charge is 2.26. The third-order valence-electron chi connectivity index (χ3n) is 4.90. The summed E-state index contributed by atoms with van der Waals surface area (Å²) in [5, 5.41) is 4.00. The molecule has 0 spiro atoms. The maximum Gasteiger partial charge on any atom is 0.276 e. The summed E-state index contributed by atoms with van der Waals surface area (Å²) < 4.78 is 5.37. The molecule has 0 saturated carbocycles. The first-order valence-electron chi connectivity index (χ1n) is 9.02. The molecule has 0 N–H and O–H groups in total. The molecule has 4 rings (SSSR count). The lowest BCUT2D eigenvalue weighted by Gasteiger charge is -2.24. The van der Waals surface area contributed by atoms with E-state index in [1.54, 1.807) is 18.5 Å². The number of hydrogen-bond donors (Lipinski definition) is 0. The number of hydrogen-bond acceptors (Lipinski definition) is 4. The average Bonchev–Trinajstić information content (AvgIpc) is 3.07. The molecule has 1 atom stereocenters. The molecule has 132 valence electrons. The smallest absolute Gasteiger partial charge is 0.276 e. The summed E-state index contributed by atoms with van der Waals surface area (Å²) in [6.07, 6.45) is 6.65. The fourth-order valence-electron chi connectivity index (χ4n) is 3.51. The molecule has 0 bridgehead atoms. The first-order chi connectivity index (χ1) is 12.8. The molecule has 1 aromatic carbocycles. The number of pyridine rings is 1. The van der Waals surface area contributed by atoms with Crippen molar-refractivity contribution in [2.45, 2.75) is 25.2 Å². The summed E-state index contributed by atoms with van der Waals surface area (Å²) in [4.78, 5) is 19.0. The van der Waals surface area contributed by atoms with E-state index in [-0.39, 0.29) is 5.91 Å². The molecular weight excluding hydrogens is 326 g/mol. The average molecular weight is 347 g/mol. The molecule has 3 heterocycles. The number of likely N-dealkylation sites (tertiary alicyclic amines) is 1. The van der Waals surface area contributed by atoms with Gasteiger partial charge in [0.05, 0.1) is 0 Å². The van der Waals surface area contributed by atoms with E-state index in [4.69, 9.17) is 4.52 Å². The molecule has 1 aliphatic rings. The summed E-state index contributed by atoms with van der Waals surface area (Å²) in [6.45, 7) is 1.48. The summed E-state index contributed by atoms with van der Waals surface area (Å²) in [5.41, 5.74) is 2.47. The SMILES string of the molecule is O=C(c1cc(-c2cccnc2)on1)N1CCCC[C@H](c2ccccc2)C1. The van der Waals surface area contributed by atoms with Crippen LogP contribution in [0, 0.1) is 0 Å². The van der Waals surface area contributed by atoms with Crippen LogP contribution in [0.1, 0.15) is 41.2 Å². The predicted octanol–water partition coefficient (Wildman–Crippen LogP) is 4.15. The van der Waals surface area contributed by atoms with Gasteiger partial charge in [0.15, 0.2) is 11.5 Å². The van der Waals surface area contributed by atoms with Crippen LogP contribution in [0.4, 0.5) is 0 Å². The maximum absolute atomic E-state index is 13.0. The third-order valence-corrected chi connectivity index (χ3v) is 4.90. The monoisotopic (exact) mass is 347 g/mol. The Balaban J connectivity index is 1.53. The van der Waals surface area contributed by atoms with E-state index in [0.29, 0.717) is 17.4 Å². The lowest BCUT2D eigenvalue weighted by molar-refractivity contribution is 0.0744. The molecule has 5 heteroatoms. The van der Waals surface area contributed by atoms with Gasteiger partial charge in [-0.05, 0) is 30.5 Å². The van der Waals surface area contributed by atoms with Gasteiger partial charge in [0, 0.05) is 43.0 Å². The third kappa shape index (κ3) is 3.52. The zero-order chi connectivity index (χ0) is 17.8. The number of carbonyl (C=O) groups is 1. The second-order valence-electron chi connectivity index (χ2n) is 6.67. The largest absolute Gasteiger partial charge is 0.355 e. The van der Waals surface area contributed by atoms with Crippen LogP contribution in [0.5, 0.6) is 0 Å². The van der Waals surface area contributed by atoms with Crippen molar-refractivity contribution in [3.8, 4) is 11.3 Å². The zero-order valence-corrected chi connectivity index (χ0v) is 14.5. The Hall–Kier alpha value is -2.95. The van der Waals surface area contributed by atoms with Crippen LogP contribution < -0.4 is 0 Å². The van der Waals surface area contributed by atoms with E-state index in [1.807, 2.05) is 23.1 Å². The van der Waals surface area contributed by atoms with Gasteiger partial charge < -0.3 is 9.42 Å². The molecule has 3 aromatic rings. The van der Waals surface area contributed by atoms with Gasteiger partial charge in [-0.15, -0.1) is 0 Å². The maximum atomic E-state index is 13.0. The molecule has 0 radical (unpaired) electrons. The predicted molar refractivity (Wildman–Crippen MR) is 98.7 cm³/mol.